The fraction of sp³-hybridized carbons (Fsp3) is 0.308. The maximum Gasteiger partial charge on any atom is 0.238 e. The van der Waals surface area contributed by atoms with E-state index in [0.29, 0.717) is 6.54 Å². The first-order valence-corrected chi connectivity index (χ1v) is 5.48. The standard InChI is InChI=1S/C13H17FN2O/c1-10(2)7-8-15-9-13(17)16-12-6-4-3-5-11(12)14/h3-7,15H,8-9H2,1-2H3,(H,16,17). The van der Waals surface area contributed by atoms with E-state index in [1.54, 1.807) is 12.1 Å². The van der Waals surface area contributed by atoms with Crippen molar-refractivity contribution >= 4 is 11.6 Å². The molecule has 0 aromatic heterocycles. The van der Waals surface area contributed by atoms with E-state index in [0.717, 1.165) is 0 Å². The summed E-state index contributed by atoms with van der Waals surface area (Å²) in [6, 6.07) is 6.10. The van der Waals surface area contributed by atoms with Gasteiger partial charge in [0.25, 0.3) is 0 Å². The van der Waals surface area contributed by atoms with E-state index in [9.17, 15) is 9.18 Å². The van der Waals surface area contributed by atoms with Gasteiger partial charge in [-0.1, -0.05) is 23.8 Å². The Bertz CT molecular complexity index is 412. The summed E-state index contributed by atoms with van der Waals surface area (Å²) in [4.78, 5) is 11.4. The molecule has 4 heteroatoms. The Kier molecular flexibility index (Phi) is 5.36. The van der Waals surface area contributed by atoms with E-state index >= 15 is 0 Å². The minimum Gasteiger partial charge on any atom is -0.322 e. The number of nitrogens with one attached hydrogen (secondary N) is 2. The number of hydrogen-bond donors (Lipinski definition) is 2. The van der Waals surface area contributed by atoms with Crippen LogP contribution in [0.5, 0.6) is 0 Å². The fourth-order valence-corrected chi connectivity index (χ4v) is 1.22. The van der Waals surface area contributed by atoms with Crippen molar-refractivity contribution in [3.63, 3.8) is 0 Å². The Hall–Kier alpha value is -1.68. The molecular formula is C13H17FN2O. The number of anilines is 1. The molecule has 0 saturated heterocycles. The summed E-state index contributed by atoms with van der Waals surface area (Å²) in [5.74, 6) is -0.678. The zero-order valence-corrected chi connectivity index (χ0v) is 10.1. The molecule has 0 bridgehead atoms. The molecule has 0 aliphatic rings. The number of amides is 1. The normalized spacial score (nSPS) is 9.82. The molecule has 2 N–H and O–H groups in total. The van der Waals surface area contributed by atoms with Gasteiger partial charge in [0.2, 0.25) is 5.91 Å². The molecule has 0 aliphatic heterocycles. The molecule has 0 atom stereocenters. The fourth-order valence-electron chi connectivity index (χ4n) is 1.22. The lowest BCUT2D eigenvalue weighted by Gasteiger charge is -2.06. The molecular weight excluding hydrogens is 219 g/mol. The summed E-state index contributed by atoms with van der Waals surface area (Å²) < 4.78 is 13.2. The Labute approximate surface area is 101 Å². The predicted molar refractivity (Wildman–Crippen MR) is 67.3 cm³/mol. The number of para-hydroxylation sites is 1. The van der Waals surface area contributed by atoms with Crippen LogP contribution in [0.4, 0.5) is 10.1 Å². The van der Waals surface area contributed by atoms with E-state index in [2.05, 4.69) is 10.6 Å². The topological polar surface area (TPSA) is 41.1 Å². The van der Waals surface area contributed by atoms with Crippen LogP contribution in [0, 0.1) is 5.82 Å². The highest BCUT2D eigenvalue weighted by molar-refractivity contribution is 5.92. The van der Waals surface area contributed by atoms with Gasteiger partial charge in [0.1, 0.15) is 5.82 Å². The molecule has 0 fully saturated rings. The number of benzene rings is 1. The minimum atomic E-state index is -0.426. The molecule has 0 unspecified atom stereocenters. The summed E-state index contributed by atoms with van der Waals surface area (Å²) in [6.45, 7) is 4.77. The SMILES string of the molecule is CC(C)=CCNCC(=O)Nc1ccccc1F. The van der Waals surface area contributed by atoms with Crippen LogP contribution in [0.3, 0.4) is 0 Å². The third-order valence-corrected chi connectivity index (χ3v) is 2.09. The largest absolute Gasteiger partial charge is 0.322 e. The van der Waals surface area contributed by atoms with E-state index in [4.69, 9.17) is 0 Å². The highest BCUT2D eigenvalue weighted by atomic mass is 19.1. The molecule has 17 heavy (non-hydrogen) atoms. The van der Waals surface area contributed by atoms with E-state index in [1.807, 2.05) is 19.9 Å². The van der Waals surface area contributed by atoms with Gasteiger partial charge < -0.3 is 10.6 Å². The number of hydrogen-bond acceptors (Lipinski definition) is 2. The lowest BCUT2D eigenvalue weighted by Crippen LogP contribution is -2.28. The molecule has 1 aromatic rings. The van der Waals surface area contributed by atoms with Crippen molar-refractivity contribution in [2.24, 2.45) is 0 Å². The molecule has 92 valence electrons. The minimum absolute atomic E-state index is 0.165. The van der Waals surface area contributed by atoms with Gasteiger partial charge in [-0.2, -0.15) is 0 Å². The van der Waals surface area contributed by atoms with Gasteiger partial charge in [-0.05, 0) is 26.0 Å². The zero-order valence-electron chi connectivity index (χ0n) is 10.1. The molecule has 0 radical (unpaired) electrons. The Morgan fingerprint density at radius 3 is 2.71 bits per heavy atom. The van der Waals surface area contributed by atoms with E-state index in [-0.39, 0.29) is 18.1 Å². The molecule has 0 saturated carbocycles. The zero-order chi connectivity index (χ0) is 12.7. The van der Waals surface area contributed by atoms with Gasteiger partial charge >= 0.3 is 0 Å². The van der Waals surface area contributed by atoms with Crippen LogP contribution in [-0.2, 0) is 4.79 Å². The van der Waals surface area contributed by atoms with Crippen molar-refractivity contribution in [1.82, 2.24) is 5.32 Å². The molecule has 1 aromatic carbocycles. The molecule has 0 aliphatic carbocycles. The highest BCUT2D eigenvalue weighted by Crippen LogP contribution is 2.11. The predicted octanol–water partition coefficient (Wildman–Crippen LogP) is 2.32. The number of rotatable bonds is 5. The Morgan fingerprint density at radius 2 is 2.06 bits per heavy atom. The number of carbonyl (C=O) groups excluding carboxylic acids is 1. The molecule has 3 nitrogen and oxygen atoms in total. The van der Waals surface area contributed by atoms with E-state index in [1.165, 1.54) is 17.7 Å². The number of carbonyl (C=O) groups is 1. The lowest BCUT2D eigenvalue weighted by molar-refractivity contribution is -0.115. The molecule has 0 heterocycles. The van der Waals surface area contributed by atoms with Crippen LogP contribution in [0.2, 0.25) is 0 Å². The van der Waals surface area contributed by atoms with Crippen LogP contribution >= 0.6 is 0 Å². The quantitative estimate of drug-likeness (QED) is 0.608. The smallest absolute Gasteiger partial charge is 0.238 e. The van der Waals surface area contributed by atoms with Crippen LogP contribution in [0.1, 0.15) is 13.8 Å². The van der Waals surface area contributed by atoms with Crippen LogP contribution in [0.15, 0.2) is 35.9 Å². The van der Waals surface area contributed by atoms with Gasteiger partial charge in [-0.25, -0.2) is 4.39 Å². The summed E-state index contributed by atoms with van der Waals surface area (Å²) >= 11 is 0. The monoisotopic (exact) mass is 236 g/mol. The summed E-state index contributed by atoms with van der Waals surface area (Å²) in [6.07, 6.45) is 1.98. The van der Waals surface area contributed by atoms with Crippen molar-refractivity contribution < 1.29 is 9.18 Å². The molecule has 0 spiro atoms. The molecule has 1 rings (SSSR count). The third kappa shape index (κ3) is 5.26. The van der Waals surface area contributed by atoms with Gasteiger partial charge in [0.05, 0.1) is 12.2 Å². The third-order valence-electron chi connectivity index (χ3n) is 2.09. The van der Waals surface area contributed by atoms with Crippen LogP contribution < -0.4 is 10.6 Å². The second-order valence-electron chi connectivity index (χ2n) is 3.94. The van der Waals surface area contributed by atoms with E-state index < -0.39 is 5.82 Å². The maximum absolute atomic E-state index is 13.2. The van der Waals surface area contributed by atoms with Gasteiger partial charge in [0.15, 0.2) is 0 Å². The average Bonchev–Trinajstić information content (AvgIpc) is 2.27. The second-order valence-corrected chi connectivity index (χ2v) is 3.94. The number of halogens is 1. The molecule has 1 amide bonds. The van der Waals surface area contributed by atoms with Crippen molar-refractivity contribution in [3.05, 3.63) is 41.7 Å². The van der Waals surface area contributed by atoms with Crippen LogP contribution in [0.25, 0.3) is 0 Å². The Balaban J connectivity index is 2.35. The summed E-state index contributed by atoms with van der Waals surface area (Å²) in [7, 11) is 0. The van der Waals surface area contributed by atoms with Gasteiger partial charge in [-0.15, -0.1) is 0 Å². The van der Waals surface area contributed by atoms with Gasteiger partial charge in [-0.3, -0.25) is 4.79 Å². The van der Waals surface area contributed by atoms with Crippen molar-refractivity contribution in [1.29, 1.82) is 0 Å². The second kappa shape index (κ2) is 6.81. The first kappa shape index (κ1) is 13.4. The van der Waals surface area contributed by atoms with Crippen LogP contribution in [-0.4, -0.2) is 19.0 Å². The average molecular weight is 236 g/mol. The summed E-state index contributed by atoms with van der Waals surface area (Å²) in [5, 5.41) is 5.45. The first-order valence-electron chi connectivity index (χ1n) is 5.48. The van der Waals surface area contributed by atoms with Crippen molar-refractivity contribution in [3.8, 4) is 0 Å². The first-order chi connectivity index (χ1) is 8.09. The maximum atomic E-state index is 13.2. The summed E-state index contributed by atoms with van der Waals surface area (Å²) in [5.41, 5.74) is 1.40. The van der Waals surface area contributed by atoms with Crippen molar-refractivity contribution in [2.45, 2.75) is 13.8 Å². The number of allylic oxidation sites excluding steroid dienone is 1. The van der Waals surface area contributed by atoms with Crippen molar-refractivity contribution in [2.75, 3.05) is 18.4 Å². The highest BCUT2D eigenvalue weighted by Gasteiger charge is 2.04. The van der Waals surface area contributed by atoms with Gasteiger partial charge in [0, 0.05) is 6.54 Å². The Morgan fingerprint density at radius 1 is 1.35 bits per heavy atom. The lowest BCUT2D eigenvalue weighted by atomic mass is 10.3.